The van der Waals surface area contributed by atoms with Crippen LogP contribution in [-0.4, -0.2) is 13.2 Å². The molecule has 0 amide bonds. The minimum atomic E-state index is 0.106. The van der Waals surface area contributed by atoms with Crippen molar-refractivity contribution in [1.29, 1.82) is 5.26 Å². The minimum Gasteiger partial charge on any atom is -0.479 e. The number of ether oxygens (including phenoxy) is 1. The van der Waals surface area contributed by atoms with Crippen molar-refractivity contribution < 1.29 is 4.74 Å². The molecule has 0 heterocycles. The number of nitriles is 1. The summed E-state index contributed by atoms with van der Waals surface area (Å²) in [6.45, 7) is 6.66. The van der Waals surface area contributed by atoms with E-state index in [0.717, 1.165) is 24.8 Å². The van der Waals surface area contributed by atoms with E-state index < -0.39 is 0 Å². The van der Waals surface area contributed by atoms with Gasteiger partial charge in [0.05, 0.1) is 0 Å². The number of unbranched alkanes of at least 4 members (excludes halogenated alkanes) is 3. The average molecular weight is 288 g/mol. The Morgan fingerprint density at radius 1 is 1.10 bits per heavy atom. The highest BCUT2D eigenvalue weighted by atomic mass is 16.5. The fourth-order valence-corrected chi connectivity index (χ4v) is 2.21. The lowest BCUT2D eigenvalue weighted by molar-refractivity contribution is 0.368. The Morgan fingerprint density at radius 2 is 1.81 bits per heavy atom. The van der Waals surface area contributed by atoms with Crippen LogP contribution in [0.2, 0.25) is 0 Å². The van der Waals surface area contributed by atoms with Crippen LogP contribution in [-0.2, 0) is 6.54 Å². The van der Waals surface area contributed by atoms with Gasteiger partial charge >= 0.3 is 0 Å². The molecule has 0 aliphatic heterocycles. The zero-order valence-electron chi connectivity index (χ0n) is 13.4. The van der Waals surface area contributed by atoms with Crippen LogP contribution in [0.15, 0.2) is 24.3 Å². The summed E-state index contributed by atoms with van der Waals surface area (Å²) in [7, 11) is 0. The van der Waals surface area contributed by atoms with E-state index in [9.17, 15) is 0 Å². The first-order valence-corrected chi connectivity index (χ1v) is 8.01. The highest BCUT2D eigenvalue weighted by Gasteiger charge is 1.97. The van der Waals surface area contributed by atoms with Crippen molar-refractivity contribution in [1.82, 2.24) is 5.32 Å². The van der Waals surface area contributed by atoms with Crippen molar-refractivity contribution in [2.75, 3.05) is 13.2 Å². The van der Waals surface area contributed by atoms with Crippen LogP contribution >= 0.6 is 0 Å². The lowest BCUT2D eigenvalue weighted by Gasteiger charge is -2.07. The summed E-state index contributed by atoms with van der Waals surface area (Å²) in [6.07, 6.45) is 6.64. The highest BCUT2D eigenvalue weighted by Crippen LogP contribution is 2.12. The van der Waals surface area contributed by atoms with Gasteiger partial charge in [0.1, 0.15) is 11.8 Å². The van der Waals surface area contributed by atoms with E-state index in [2.05, 4.69) is 19.2 Å². The van der Waals surface area contributed by atoms with E-state index in [0.29, 0.717) is 0 Å². The molecule has 0 bridgehead atoms. The Balaban J connectivity index is 2.03. The van der Waals surface area contributed by atoms with Gasteiger partial charge in [-0.25, -0.2) is 0 Å². The first kappa shape index (κ1) is 17.5. The summed E-state index contributed by atoms with van der Waals surface area (Å²) < 4.78 is 5.23. The van der Waals surface area contributed by atoms with Crippen molar-refractivity contribution in [3.05, 3.63) is 29.8 Å². The smallest absolute Gasteiger partial charge is 0.174 e. The van der Waals surface area contributed by atoms with E-state index in [1.165, 1.54) is 37.7 Å². The molecular weight excluding hydrogens is 260 g/mol. The average Bonchev–Trinajstić information content (AvgIpc) is 2.48. The number of nitrogens with zero attached hydrogens (tertiary/aromatic N) is 1. The van der Waals surface area contributed by atoms with Crippen LogP contribution in [0, 0.1) is 17.2 Å². The third-order valence-electron chi connectivity index (χ3n) is 3.44. The molecule has 0 fully saturated rings. The second-order valence-electron chi connectivity index (χ2n) is 5.86. The molecule has 116 valence electrons. The molecule has 1 N–H and O–H groups in total. The van der Waals surface area contributed by atoms with Gasteiger partial charge in [-0.3, -0.25) is 0 Å². The molecule has 0 aliphatic carbocycles. The van der Waals surface area contributed by atoms with Crippen molar-refractivity contribution in [2.24, 2.45) is 5.92 Å². The fraction of sp³-hybridized carbons (Fsp3) is 0.611. The Labute approximate surface area is 129 Å². The van der Waals surface area contributed by atoms with Crippen molar-refractivity contribution >= 4 is 0 Å². The molecule has 0 unspecified atom stereocenters. The summed E-state index contributed by atoms with van der Waals surface area (Å²) in [5.41, 5.74) is 1.25. The van der Waals surface area contributed by atoms with Gasteiger partial charge in [0.25, 0.3) is 0 Å². The monoisotopic (exact) mass is 288 g/mol. The Morgan fingerprint density at radius 3 is 2.48 bits per heavy atom. The number of hydrogen-bond donors (Lipinski definition) is 1. The zero-order valence-corrected chi connectivity index (χ0v) is 13.4. The van der Waals surface area contributed by atoms with Crippen molar-refractivity contribution in [3.8, 4) is 11.8 Å². The topological polar surface area (TPSA) is 45.0 Å². The van der Waals surface area contributed by atoms with E-state index in [1.54, 1.807) is 0 Å². The van der Waals surface area contributed by atoms with Gasteiger partial charge in [-0.05, 0) is 36.6 Å². The Hall–Kier alpha value is -1.53. The second-order valence-corrected chi connectivity index (χ2v) is 5.86. The zero-order chi connectivity index (χ0) is 15.3. The van der Waals surface area contributed by atoms with Crippen LogP contribution < -0.4 is 10.1 Å². The van der Waals surface area contributed by atoms with Crippen LogP contribution in [0.3, 0.4) is 0 Å². The maximum Gasteiger partial charge on any atom is 0.174 e. The second kappa shape index (κ2) is 11.2. The van der Waals surface area contributed by atoms with Crippen molar-refractivity contribution in [2.45, 2.75) is 52.5 Å². The van der Waals surface area contributed by atoms with Gasteiger partial charge in [0.15, 0.2) is 6.61 Å². The van der Waals surface area contributed by atoms with Crippen LogP contribution in [0.4, 0.5) is 0 Å². The molecule has 0 aliphatic rings. The third kappa shape index (κ3) is 9.10. The quantitative estimate of drug-likeness (QED) is 0.618. The largest absolute Gasteiger partial charge is 0.479 e. The fourth-order valence-electron chi connectivity index (χ4n) is 2.21. The summed E-state index contributed by atoms with van der Waals surface area (Å²) in [4.78, 5) is 0. The molecule has 0 saturated heterocycles. The Kier molecular flexibility index (Phi) is 9.32. The lowest BCUT2D eigenvalue weighted by Crippen LogP contribution is -2.14. The van der Waals surface area contributed by atoms with E-state index >= 15 is 0 Å². The molecule has 0 aromatic heterocycles. The highest BCUT2D eigenvalue weighted by molar-refractivity contribution is 5.27. The predicted octanol–water partition coefficient (Wildman–Crippen LogP) is 4.29. The van der Waals surface area contributed by atoms with Crippen LogP contribution in [0.25, 0.3) is 0 Å². The van der Waals surface area contributed by atoms with Crippen LogP contribution in [0.5, 0.6) is 5.75 Å². The normalized spacial score (nSPS) is 10.6. The SMILES string of the molecule is CC(C)CCCCCCNCc1ccc(OCC#N)cc1. The van der Waals surface area contributed by atoms with Gasteiger partial charge in [-0.1, -0.05) is 51.7 Å². The third-order valence-corrected chi connectivity index (χ3v) is 3.44. The Bertz CT molecular complexity index is 406. The van der Waals surface area contributed by atoms with E-state index in [1.807, 2.05) is 30.3 Å². The van der Waals surface area contributed by atoms with E-state index in [4.69, 9.17) is 10.00 Å². The maximum atomic E-state index is 8.44. The molecule has 1 rings (SSSR count). The molecule has 3 nitrogen and oxygen atoms in total. The number of benzene rings is 1. The van der Waals surface area contributed by atoms with Crippen molar-refractivity contribution in [3.63, 3.8) is 0 Å². The molecule has 1 aromatic rings. The molecular formula is C18H28N2O. The standard InChI is InChI=1S/C18H28N2O/c1-16(2)7-5-3-4-6-13-20-15-17-8-10-18(11-9-17)21-14-12-19/h8-11,16,20H,3-7,13-15H2,1-2H3. The first-order chi connectivity index (χ1) is 10.2. The molecule has 0 atom stereocenters. The number of hydrogen-bond acceptors (Lipinski definition) is 3. The van der Waals surface area contributed by atoms with Gasteiger partial charge < -0.3 is 10.1 Å². The van der Waals surface area contributed by atoms with Gasteiger partial charge in [0, 0.05) is 6.54 Å². The van der Waals surface area contributed by atoms with Gasteiger partial charge in [0.2, 0.25) is 0 Å². The lowest BCUT2D eigenvalue weighted by atomic mass is 10.0. The molecule has 1 aromatic carbocycles. The first-order valence-electron chi connectivity index (χ1n) is 8.01. The molecule has 0 saturated carbocycles. The summed E-state index contributed by atoms with van der Waals surface area (Å²) in [5.74, 6) is 1.59. The summed E-state index contributed by atoms with van der Waals surface area (Å²) in [6, 6.07) is 9.89. The number of nitrogens with one attached hydrogen (secondary N) is 1. The summed E-state index contributed by atoms with van der Waals surface area (Å²) >= 11 is 0. The predicted molar refractivity (Wildman–Crippen MR) is 87.2 cm³/mol. The molecule has 3 heteroatoms. The van der Waals surface area contributed by atoms with Gasteiger partial charge in [-0.15, -0.1) is 0 Å². The van der Waals surface area contributed by atoms with E-state index in [-0.39, 0.29) is 6.61 Å². The molecule has 21 heavy (non-hydrogen) atoms. The molecule has 0 spiro atoms. The maximum absolute atomic E-state index is 8.44. The summed E-state index contributed by atoms with van der Waals surface area (Å²) in [5, 5.41) is 11.9. The minimum absolute atomic E-state index is 0.106. The number of rotatable bonds is 11. The van der Waals surface area contributed by atoms with Crippen LogP contribution in [0.1, 0.15) is 51.5 Å². The van der Waals surface area contributed by atoms with Gasteiger partial charge in [-0.2, -0.15) is 5.26 Å². The molecule has 0 radical (unpaired) electrons.